The third-order valence-electron chi connectivity index (χ3n) is 3.38. The molecule has 0 radical (unpaired) electrons. The number of carbonyl (C=O) groups excluding carboxylic acids is 1. The third-order valence-corrected chi connectivity index (χ3v) is 4.43. The molecule has 1 atom stereocenters. The SMILES string of the molecule is CC.CCCNc1c(NC=O)cccc1-c1cccc(S(=O)NC)c1. The van der Waals surface area contributed by atoms with Gasteiger partial charge in [-0.15, -0.1) is 0 Å². The van der Waals surface area contributed by atoms with Gasteiger partial charge in [0, 0.05) is 12.1 Å². The minimum Gasteiger partial charge on any atom is -0.383 e. The second-order valence-corrected chi connectivity index (χ2v) is 6.33. The summed E-state index contributed by atoms with van der Waals surface area (Å²) in [5.41, 5.74) is 3.50. The number of carbonyl (C=O) groups is 1. The first kappa shape index (κ1) is 20.9. The summed E-state index contributed by atoms with van der Waals surface area (Å²) < 4.78 is 14.7. The van der Waals surface area contributed by atoms with Crippen molar-refractivity contribution in [1.82, 2.24) is 4.72 Å². The van der Waals surface area contributed by atoms with E-state index in [4.69, 9.17) is 0 Å². The Kier molecular flexibility index (Phi) is 9.50. The molecule has 3 N–H and O–H groups in total. The number of hydrogen-bond donors (Lipinski definition) is 3. The molecule has 0 aromatic heterocycles. The van der Waals surface area contributed by atoms with Crippen LogP contribution in [0.4, 0.5) is 11.4 Å². The van der Waals surface area contributed by atoms with Gasteiger partial charge in [0.2, 0.25) is 6.41 Å². The Balaban J connectivity index is 0.00000151. The van der Waals surface area contributed by atoms with Gasteiger partial charge in [-0.1, -0.05) is 45.0 Å². The highest BCUT2D eigenvalue weighted by Gasteiger charge is 2.11. The maximum Gasteiger partial charge on any atom is 0.211 e. The Bertz CT molecular complexity index is 705. The number of benzene rings is 2. The summed E-state index contributed by atoms with van der Waals surface area (Å²) in [6, 6.07) is 13.3. The number of rotatable bonds is 8. The third kappa shape index (κ3) is 5.69. The predicted molar refractivity (Wildman–Crippen MR) is 107 cm³/mol. The molecule has 2 aromatic carbocycles. The van der Waals surface area contributed by atoms with Crippen LogP contribution in [0.3, 0.4) is 0 Å². The van der Waals surface area contributed by atoms with E-state index in [0.717, 1.165) is 35.5 Å². The largest absolute Gasteiger partial charge is 0.383 e. The zero-order chi connectivity index (χ0) is 18.7. The van der Waals surface area contributed by atoms with Gasteiger partial charge in [0.05, 0.1) is 16.3 Å². The van der Waals surface area contributed by atoms with Crippen LogP contribution in [0.15, 0.2) is 47.4 Å². The molecule has 0 fully saturated rings. The molecule has 136 valence electrons. The van der Waals surface area contributed by atoms with Gasteiger partial charge in [-0.05, 0) is 37.2 Å². The smallest absolute Gasteiger partial charge is 0.211 e. The first-order valence-corrected chi connectivity index (χ1v) is 9.63. The Morgan fingerprint density at radius 3 is 2.48 bits per heavy atom. The fourth-order valence-corrected chi connectivity index (χ4v) is 2.99. The van der Waals surface area contributed by atoms with Gasteiger partial charge in [-0.3, -0.25) is 4.79 Å². The lowest BCUT2D eigenvalue weighted by atomic mass is 10.0. The van der Waals surface area contributed by atoms with E-state index in [1.807, 2.05) is 56.3 Å². The highest BCUT2D eigenvalue weighted by Crippen LogP contribution is 2.34. The van der Waals surface area contributed by atoms with Gasteiger partial charge < -0.3 is 10.6 Å². The number of para-hydroxylation sites is 1. The molecule has 0 spiro atoms. The maximum atomic E-state index is 11.9. The molecule has 2 rings (SSSR count). The van der Waals surface area contributed by atoms with Crippen molar-refractivity contribution in [1.29, 1.82) is 0 Å². The molecular weight excluding hydrogens is 334 g/mol. The van der Waals surface area contributed by atoms with Crippen LogP contribution >= 0.6 is 0 Å². The average Bonchev–Trinajstić information content (AvgIpc) is 2.68. The molecule has 0 bridgehead atoms. The standard InChI is InChI=1S/C17H21N3O2S.C2H6/c1-3-10-19-17-15(8-5-9-16(17)20-12-21)13-6-4-7-14(11-13)23(22)18-2;1-2/h4-9,11-12,18-19H,3,10H2,1-2H3,(H,20,21);1-2H3. The van der Waals surface area contributed by atoms with E-state index in [9.17, 15) is 9.00 Å². The average molecular weight is 362 g/mol. The fourth-order valence-electron chi connectivity index (χ4n) is 2.31. The molecule has 0 aliphatic carbocycles. The molecular formula is C19H27N3O2S. The van der Waals surface area contributed by atoms with Gasteiger partial charge in [-0.2, -0.15) is 0 Å². The zero-order valence-corrected chi connectivity index (χ0v) is 16.1. The van der Waals surface area contributed by atoms with Crippen molar-refractivity contribution >= 4 is 28.8 Å². The van der Waals surface area contributed by atoms with Crippen LogP contribution in [0.1, 0.15) is 27.2 Å². The van der Waals surface area contributed by atoms with Crippen molar-refractivity contribution in [3.8, 4) is 11.1 Å². The number of nitrogens with one attached hydrogen (secondary N) is 3. The van der Waals surface area contributed by atoms with Crippen molar-refractivity contribution in [3.63, 3.8) is 0 Å². The quantitative estimate of drug-likeness (QED) is 0.622. The first-order valence-electron chi connectivity index (χ1n) is 8.48. The molecule has 1 unspecified atom stereocenters. The van der Waals surface area contributed by atoms with Gasteiger partial charge >= 0.3 is 0 Å². The summed E-state index contributed by atoms with van der Waals surface area (Å²) >= 11 is 0. The molecule has 2 aromatic rings. The van der Waals surface area contributed by atoms with Crippen molar-refractivity contribution in [3.05, 3.63) is 42.5 Å². The van der Waals surface area contributed by atoms with Crippen molar-refractivity contribution in [2.75, 3.05) is 24.2 Å². The number of hydrogen-bond acceptors (Lipinski definition) is 3. The lowest BCUT2D eigenvalue weighted by molar-refractivity contribution is -0.105. The molecule has 0 aliphatic heterocycles. The summed E-state index contributed by atoms with van der Waals surface area (Å²) in [6.07, 6.45) is 1.64. The Morgan fingerprint density at radius 1 is 1.12 bits per heavy atom. The van der Waals surface area contributed by atoms with Crippen LogP contribution in [-0.4, -0.2) is 24.2 Å². The van der Waals surface area contributed by atoms with E-state index in [1.54, 1.807) is 7.05 Å². The van der Waals surface area contributed by atoms with Crippen molar-refractivity contribution in [2.24, 2.45) is 0 Å². The molecule has 6 heteroatoms. The normalized spacial score (nSPS) is 11.0. The van der Waals surface area contributed by atoms with Gasteiger partial charge in [0.25, 0.3) is 0 Å². The monoisotopic (exact) mass is 361 g/mol. The molecule has 0 saturated heterocycles. The molecule has 5 nitrogen and oxygen atoms in total. The Morgan fingerprint density at radius 2 is 1.84 bits per heavy atom. The summed E-state index contributed by atoms with van der Waals surface area (Å²) in [5, 5.41) is 6.09. The predicted octanol–water partition coefficient (Wildman–Crippen LogP) is 4.01. The summed E-state index contributed by atoms with van der Waals surface area (Å²) in [6.45, 7) is 6.88. The number of anilines is 2. The van der Waals surface area contributed by atoms with Gasteiger partial charge in [-0.25, -0.2) is 8.93 Å². The summed E-state index contributed by atoms with van der Waals surface area (Å²) in [4.78, 5) is 11.6. The van der Waals surface area contributed by atoms with Crippen LogP contribution in [0.5, 0.6) is 0 Å². The van der Waals surface area contributed by atoms with Crippen LogP contribution in [0, 0.1) is 0 Å². The minimum absolute atomic E-state index is 0.669. The van der Waals surface area contributed by atoms with Gasteiger partial charge in [0.1, 0.15) is 11.0 Å². The Labute approximate surface area is 152 Å². The van der Waals surface area contributed by atoms with Crippen LogP contribution in [-0.2, 0) is 15.8 Å². The van der Waals surface area contributed by atoms with Crippen molar-refractivity contribution in [2.45, 2.75) is 32.1 Å². The topological polar surface area (TPSA) is 70.2 Å². The molecule has 25 heavy (non-hydrogen) atoms. The second-order valence-electron chi connectivity index (χ2n) is 4.92. The second kappa shape index (κ2) is 11.4. The molecule has 1 amide bonds. The molecule has 0 aliphatic rings. The van der Waals surface area contributed by atoms with E-state index >= 15 is 0 Å². The summed E-state index contributed by atoms with van der Waals surface area (Å²) in [7, 11) is 0.421. The number of amides is 1. The highest BCUT2D eigenvalue weighted by atomic mass is 32.2. The van der Waals surface area contributed by atoms with Crippen LogP contribution in [0.25, 0.3) is 11.1 Å². The van der Waals surface area contributed by atoms with E-state index in [0.29, 0.717) is 11.3 Å². The van der Waals surface area contributed by atoms with E-state index < -0.39 is 11.0 Å². The van der Waals surface area contributed by atoms with E-state index in [-0.39, 0.29) is 0 Å². The summed E-state index contributed by atoms with van der Waals surface area (Å²) in [5.74, 6) is 0. The highest BCUT2D eigenvalue weighted by molar-refractivity contribution is 7.83. The lowest BCUT2D eigenvalue weighted by Gasteiger charge is -2.16. The van der Waals surface area contributed by atoms with E-state index in [2.05, 4.69) is 22.3 Å². The maximum absolute atomic E-state index is 11.9. The van der Waals surface area contributed by atoms with Gasteiger partial charge in [0.15, 0.2) is 0 Å². The minimum atomic E-state index is -1.24. The fraction of sp³-hybridized carbons (Fsp3) is 0.316. The Hall–Kier alpha value is -2.18. The lowest BCUT2D eigenvalue weighted by Crippen LogP contribution is -2.10. The molecule has 0 heterocycles. The van der Waals surface area contributed by atoms with Crippen LogP contribution < -0.4 is 15.4 Å². The molecule has 0 saturated carbocycles. The zero-order valence-electron chi connectivity index (χ0n) is 15.3. The van der Waals surface area contributed by atoms with Crippen molar-refractivity contribution < 1.29 is 9.00 Å². The van der Waals surface area contributed by atoms with Crippen LogP contribution in [0.2, 0.25) is 0 Å². The van der Waals surface area contributed by atoms with E-state index in [1.165, 1.54) is 0 Å². The first-order chi connectivity index (χ1) is 12.2.